The number of benzene rings is 2. The zero-order valence-corrected chi connectivity index (χ0v) is 12.1. The first-order valence-electron chi connectivity index (χ1n) is 6.97. The number of nitrogens with one attached hydrogen (secondary N) is 1. The highest BCUT2D eigenvalue weighted by atomic mass is 16.3. The lowest BCUT2D eigenvalue weighted by atomic mass is 10.0. The van der Waals surface area contributed by atoms with Crippen LogP contribution in [0.4, 0.5) is 0 Å². The highest BCUT2D eigenvalue weighted by Crippen LogP contribution is 2.35. The fraction of sp³-hybridized carbons (Fsp3) is 0.222. The van der Waals surface area contributed by atoms with Gasteiger partial charge in [0, 0.05) is 10.9 Å². The summed E-state index contributed by atoms with van der Waals surface area (Å²) in [6.45, 7) is 4.25. The van der Waals surface area contributed by atoms with Crippen molar-refractivity contribution in [2.75, 3.05) is 7.05 Å². The quantitative estimate of drug-likeness (QED) is 0.743. The van der Waals surface area contributed by atoms with E-state index >= 15 is 0 Å². The Labute approximate surface area is 119 Å². The lowest BCUT2D eigenvalue weighted by Crippen LogP contribution is -2.12. The van der Waals surface area contributed by atoms with Crippen LogP contribution in [0, 0.1) is 6.92 Å². The Balaban J connectivity index is 2.25. The molecule has 0 radical (unpaired) electrons. The molecule has 1 aromatic heterocycles. The van der Waals surface area contributed by atoms with Crippen molar-refractivity contribution in [2.24, 2.45) is 0 Å². The third-order valence-electron chi connectivity index (χ3n) is 3.91. The molecule has 2 nitrogen and oxygen atoms in total. The monoisotopic (exact) mass is 265 g/mol. The van der Waals surface area contributed by atoms with Gasteiger partial charge in [-0.05, 0) is 32.0 Å². The topological polar surface area (TPSA) is 25.2 Å². The van der Waals surface area contributed by atoms with Crippen molar-refractivity contribution in [3.63, 3.8) is 0 Å². The van der Waals surface area contributed by atoms with Gasteiger partial charge in [-0.2, -0.15) is 0 Å². The highest BCUT2D eigenvalue weighted by molar-refractivity contribution is 5.94. The number of para-hydroxylation sites is 1. The van der Waals surface area contributed by atoms with E-state index in [1.807, 2.05) is 13.1 Å². The third kappa shape index (κ3) is 2.02. The minimum atomic E-state index is 0.214. The van der Waals surface area contributed by atoms with E-state index in [1.54, 1.807) is 0 Å². The summed E-state index contributed by atoms with van der Waals surface area (Å²) in [5.74, 6) is 1.02. The molecular formula is C18H19NO. The molecule has 0 aliphatic rings. The number of hydrogen-bond donors (Lipinski definition) is 1. The van der Waals surface area contributed by atoms with Gasteiger partial charge in [0.25, 0.3) is 0 Å². The predicted molar refractivity (Wildman–Crippen MR) is 83.9 cm³/mol. The molecule has 0 bridgehead atoms. The Bertz CT molecular complexity index is 728. The maximum absolute atomic E-state index is 6.17. The molecule has 0 spiro atoms. The molecule has 0 aliphatic heterocycles. The average Bonchev–Trinajstić information content (AvgIpc) is 2.85. The van der Waals surface area contributed by atoms with Crippen LogP contribution in [0.5, 0.6) is 0 Å². The lowest BCUT2D eigenvalue weighted by Gasteiger charge is -2.07. The van der Waals surface area contributed by atoms with Crippen molar-refractivity contribution in [3.05, 3.63) is 59.9 Å². The molecule has 20 heavy (non-hydrogen) atoms. The van der Waals surface area contributed by atoms with Crippen molar-refractivity contribution < 1.29 is 4.42 Å². The van der Waals surface area contributed by atoms with Crippen LogP contribution in [0.15, 0.2) is 52.9 Å². The fourth-order valence-corrected chi connectivity index (χ4v) is 2.65. The van der Waals surface area contributed by atoms with Crippen molar-refractivity contribution >= 4 is 11.0 Å². The van der Waals surface area contributed by atoms with Crippen LogP contribution in [0.2, 0.25) is 0 Å². The molecule has 0 amide bonds. The molecule has 3 aromatic rings. The Morgan fingerprint density at radius 3 is 2.45 bits per heavy atom. The van der Waals surface area contributed by atoms with Crippen molar-refractivity contribution in [1.29, 1.82) is 0 Å². The number of fused-ring (bicyclic) bond motifs is 1. The first-order chi connectivity index (χ1) is 9.72. The molecule has 0 saturated heterocycles. The van der Waals surface area contributed by atoms with Gasteiger partial charge in [0.2, 0.25) is 0 Å². The van der Waals surface area contributed by atoms with Gasteiger partial charge in [0.1, 0.15) is 11.3 Å². The second-order valence-corrected chi connectivity index (χ2v) is 5.15. The van der Waals surface area contributed by atoms with Crippen LogP contribution < -0.4 is 5.32 Å². The largest absolute Gasteiger partial charge is 0.458 e. The SMILES string of the molecule is CNC(C)c1oc2c(-c3ccccc3)cccc2c1C. The van der Waals surface area contributed by atoms with E-state index in [2.05, 4.69) is 61.6 Å². The lowest BCUT2D eigenvalue weighted by molar-refractivity contribution is 0.472. The normalized spacial score (nSPS) is 12.8. The van der Waals surface area contributed by atoms with Gasteiger partial charge < -0.3 is 9.73 Å². The van der Waals surface area contributed by atoms with Crippen LogP contribution in [0.3, 0.4) is 0 Å². The van der Waals surface area contributed by atoms with Gasteiger partial charge in [-0.25, -0.2) is 0 Å². The van der Waals surface area contributed by atoms with Crippen molar-refractivity contribution in [3.8, 4) is 11.1 Å². The number of furan rings is 1. The average molecular weight is 265 g/mol. The summed E-state index contributed by atoms with van der Waals surface area (Å²) < 4.78 is 6.17. The van der Waals surface area contributed by atoms with Gasteiger partial charge in [-0.15, -0.1) is 0 Å². The first kappa shape index (κ1) is 12.9. The van der Waals surface area contributed by atoms with Gasteiger partial charge in [0.05, 0.1) is 6.04 Å². The second-order valence-electron chi connectivity index (χ2n) is 5.15. The van der Waals surface area contributed by atoms with Gasteiger partial charge in [0.15, 0.2) is 0 Å². The first-order valence-corrected chi connectivity index (χ1v) is 6.97. The van der Waals surface area contributed by atoms with E-state index in [0.29, 0.717) is 0 Å². The molecule has 1 N–H and O–H groups in total. The van der Waals surface area contributed by atoms with Crippen LogP contribution in [-0.2, 0) is 0 Å². The number of aryl methyl sites for hydroxylation is 1. The summed E-state index contributed by atoms with van der Waals surface area (Å²) in [6, 6.07) is 16.9. The van der Waals surface area contributed by atoms with E-state index in [9.17, 15) is 0 Å². The Hall–Kier alpha value is -2.06. The maximum Gasteiger partial charge on any atom is 0.142 e. The van der Waals surface area contributed by atoms with Crippen molar-refractivity contribution in [2.45, 2.75) is 19.9 Å². The summed E-state index contributed by atoms with van der Waals surface area (Å²) in [7, 11) is 1.95. The second kappa shape index (κ2) is 5.14. The van der Waals surface area contributed by atoms with Gasteiger partial charge >= 0.3 is 0 Å². The molecule has 2 aromatic carbocycles. The van der Waals surface area contributed by atoms with E-state index in [-0.39, 0.29) is 6.04 Å². The maximum atomic E-state index is 6.17. The van der Waals surface area contributed by atoms with Crippen LogP contribution >= 0.6 is 0 Å². The molecule has 102 valence electrons. The Kier molecular flexibility index (Phi) is 3.33. The summed E-state index contributed by atoms with van der Waals surface area (Å²) in [6.07, 6.45) is 0. The van der Waals surface area contributed by atoms with Crippen LogP contribution in [0.1, 0.15) is 24.3 Å². The smallest absolute Gasteiger partial charge is 0.142 e. The zero-order chi connectivity index (χ0) is 14.1. The predicted octanol–water partition coefficient (Wildman–Crippen LogP) is 4.69. The summed E-state index contributed by atoms with van der Waals surface area (Å²) >= 11 is 0. The molecule has 3 rings (SSSR count). The molecule has 1 unspecified atom stereocenters. The molecule has 1 atom stereocenters. The Morgan fingerprint density at radius 1 is 1.00 bits per heavy atom. The van der Waals surface area contributed by atoms with E-state index < -0.39 is 0 Å². The van der Waals surface area contributed by atoms with Gasteiger partial charge in [-0.3, -0.25) is 0 Å². The summed E-state index contributed by atoms with van der Waals surface area (Å²) in [4.78, 5) is 0. The minimum absolute atomic E-state index is 0.214. The minimum Gasteiger partial charge on any atom is -0.458 e. The van der Waals surface area contributed by atoms with E-state index in [1.165, 1.54) is 16.5 Å². The summed E-state index contributed by atoms with van der Waals surface area (Å²) in [5, 5.41) is 4.45. The third-order valence-corrected chi connectivity index (χ3v) is 3.91. The molecular weight excluding hydrogens is 246 g/mol. The van der Waals surface area contributed by atoms with E-state index in [4.69, 9.17) is 4.42 Å². The highest BCUT2D eigenvalue weighted by Gasteiger charge is 2.17. The number of hydrogen-bond acceptors (Lipinski definition) is 2. The van der Waals surface area contributed by atoms with Gasteiger partial charge in [-0.1, -0.05) is 48.5 Å². The number of rotatable bonds is 3. The Morgan fingerprint density at radius 2 is 1.75 bits per heavy atom. The van der Waals surface area contributed by atoms with Crippen LogP contribution in [-0.4, -0.2) is 7.05 Å². The van der Waals surface area contributed by atoms with Crippen LogP contribution in [0.25, 0.3) is 22.1 Å². The summed E-state index contributed by atoms with van der Waals surface area (Å²) in [5.41, 5.74) is 4.55. The van der Waals surface area contributed by atoms with E-state index in [0.717, 1.165) is 16.9 Å². The molecule has 0 fully saturated rings. The zero-order valence-electron chi connectivity index (χ0n) is 12.1. The van der Waals surface area contributed by atoms with Crippen molar-refractivity contribution in [1.82, 2.24) is 5.32 Å². The molecule has 0 aliphatic carbocycles. The molecule has 1 heterocycles. The fourth-order valence-electron chi connectivity index (χ4n) is 2.65. The molecule has 0 saturated carbocycles. The molecule has 2 heteroatoms. The standard InChI is InChI=1S/C18H19NO/c1-12-15-10-7-11-16(14-8-5-4-6-9-14)18(15)20-17(12)13(2)19-3/h4-11,13,19H,1-3H3.